The number of carbonyl (C=O) groups excluding carboxylic acids is 1. The number of piperidine rings is 1. The number of benzene rings is 1. The number of halogens is 3. The normalized spacial score (nSPS) is 23.1. The van der Waals surface area contributed by atoms with Crippen LogP contribution < -0.4 is 4.74 Å². The molecule has 1 aliphatic carbocycles. The van der Waals surface area contributed by atoms with E-state index in [4.69, 9.17) is 0 Å². The fourth-order valence-electron chi connectivity index (χ4n) is 4.45. The highest BCUT2D eigenvalue weighted by Crippen LogP contribution is 2.52. The zero-order valence-electron chi connectivity index (χ0n) is 16.7. The molecule has 2 heterocycles. The molecule has 1 aromatic heterocycles. The number of hydrogen-bond donors (Lipinski definition) is 0. The lowest BCUT2D eigenvalue weighted by atomic mass is 10.1. The molecule has 160 valence electrons. The predicted octanol–water partition coefficient (Wildman–Crippen LogP) is 3.82. The smallest absolute Gasteiger partial charge is 0.406 e. The highest BCUT2D eigenvalue weighted by Gasteiger charge is 2.55. The van der Waals surface area contributed by atoms with Crippen LogP contribution in [0.1, 0.15) is 23.0 Å². The minimum atomic E-state index is -4.75. The van der Waals surface area contributed by atoms with Gasteiger partial charge in [-0.3, -0.25) is 9.78 Å². The van der Waals surface area contributed by atoms with Gasteiger partial charge in [-0.1, -0.05) is 25.1 Å². The number of aromatic nitrogens is 1. The van der Waals surface area contributed by atoms with Crippen molar-refractivity contribution in [3.63, 3.8) is 0 Å². The molecule has 4 rings (SSSR count). The fraction of sp³-hybridized carbons (Fsp3) is 0.455. The Bertz CT molecular complexity index is 879. The van der Waals surface area contributed by atoms with E-state index in [9.17, 15) is 18.0 Å². The third-order valence-electron chi connectivity index (χ3n) is 6.00. The first-order chi connectivity index (χ1) is 14.3. The molecule has 2 aromatic rings. The number of amides is 1. The molecule has 2 unspecified atom stereocenters. The van der Waals surface area contributed by atoms with Gasteiger partial charge in [-0.25, -0.2) is 0 Å². The number of pyridine rings is 1. The Morgan fingerprint density at radius 1 is 1.20 bits per heavy atom. The van der Waals surface area contributed by atoms with Gasteiger partial charge in [-0.2, -0.15) is 0 Å². The molecule has 2 fully saturated rings. The van der Waals surface area contributed by atoms with E-state index in [0.29, 0.717) is 35.6 Å². The Balaban J connectivity index is 1.50. The number of alkyl halides is 3. The summed E-state index contributed by atoms with van der Waals surface area (Å²) in [5.74, 6) is 1.10. The van der Waals surface area contributed by atoms with Gasteiger partial charge >= 0.3 is 6.36 Å². The maximum absolute atomic E-state index is 13.1. The summed E-state index contributed by atoms with van der Waals surface area (Å²) in [6.07, 6.45) is -3.19. The summed E-state index contributed by atoms with van der Waals surface area (Å²) >= 11 is 0. The molecule has 30 heavy (non-hydrogen) atoms. The monoisotopic (exact) mass is 419 g/mol. The molecule has 0 radical (unpaired) electrons. The maximum Gasteiger partial charge on any atom is 0.573 e. The van der Waals surface area contributed by atoms with Crippen molar-refractivity contribution in [2.45, 2.75) is 19.8 Å². The van der Waals surface area contributed by atoms with Crippen LogP contribution in [0.3, 0.4) is 0 Å². The highest BCUT2D eigenvalue weighted by molar-refractivity contribution is 5.92. The van der Waals surface area contributed by atoms with Crippen molar-refractivity contribution in [1.82, 2.24) is 14.8 Å². The second kappa shape index (κ2) is 8.26. The Kier molecular flexibility index (Phi) is 5.69. The first-order valence-electron chi connectivity index (χ1n) is 10.1. The second-order valence-electron chi connectivity index (χ2n) is 7.94. The predicted molar refractivity (Wildman–Crippen MR) is 105 cm³/mol. The van der Waals surface area contributed by atoms with Gasteiger partial charge < -0.3 is 14.5 Å². The summed E-state index contributed by atoms with van der Waals surface area (Å²) in [5, 5.41) is 0. The third kappa shape index (κ3) is 4.75. The molecular weight excluding hydrogens is 395 g/mol. The van der Waals surface area contributed by atoms with Crippen LogP contribution in [0.5, 0.6) is 5.75 Å². The largest absolute Gasteiger partial charge is 0.573 e. The van der Waals surface area contributed by atoms with Crippen molar-refractivity contribution in [3.8, 4) is 5.75 Å². The van der Waals surface area contributed by atoms with Crippen LogP contribution in [-0.2, 0) is 6.54 Å². The van der Waals surface area contributed by atoms with Crippen LogP contribution in [0.2, 0.25) is 0 Å². The number of likely N-dealkylation sites (tertiary alicyclic amines) is 1. The molecule has 1 saturated carbocycles. The second-order valence-corrected chi connectivity index (χ2v) is 7.94. The van der Waals surface area contributed by atoms with Crippen LogP contribution in [0.25, 0.3) is 0 Å². The van der Waals surface area contributed by atoms with Gasteiger partial charge in [-0.05, 0) is 54.1 Å². The first kappa shape index (κ1) is 20.7. The number of carbonyl (C=O) groups is 1. The van der Waals surface area contributed by atoms with E-state index in [-0.39, 0.29) is 18.2 Å². The van der Waals surface area contributed by atoms with Crippen molar-refractivity contribution in [2.24, 2.45) is 17.8 Å². The van der Waals surface area contributed by atoms with Gasteiger partial charge in [0.25, 0.3) is 5.91 Å². The molecule has 1 aliphatic heterocycles. The average Bonchev–Trinajstić information content (AvgIpc) is 3.15. The number of ether oxygens (including phenoxy) is 1. The molecule has 1 saturated heterocycles. The van der Waals surface area contributed by atoms with Gasteiger partial charge in [-0.15, -0.1) is 13.2 Å². The van der Waals surface area contributed by atoms with Crippen LogP contribution in [0, 0.1) is 17.8 Å². The minimum Gasteiger partial charge on any atom is -0.406 e. The van der Waals surface area contributed by atoms with Gasteiger partial charge in [0.1, 0.15) is 11.4 Å². The molecule has 0 N–H and O–H groups in total. The van der Waals surface area contributed by atoms with Crippen molar-refractivity contribution in [1.29, 1.82) is 0 Å². The van der Waals surface area contributed by atoms with E-state index in [2.05, 4.69) is 21.5 Å². The fourth-order valence-corrected chi connectivity index (χ4v) is 4.45. The number of nitrogens with zero attached hydrogens (tertiary/aromatic N) is 3. The number of hydrogen-bond acceptors (Lipinski definition) is 4. The summed E-state index contributed by atoms with van der Waals surface area (Å²) < 4.78 is 41.7. The minimum absolute atomic E-state index is 0.206. The topological polar surface area (TPSA) is 45.7 Å². The SMILES string of the molecule is CCN1CC2C(C1)C2CN(Cc1cccc(OC(F)(F)F)c1)C(=O)c1ccccn1. The van der Waals surface area contributed by atoms with Crippen molar-refractivity contribution < 1.29 is 22.7 Å². The summed E-state index contributed by atoms with van der Waals surface area (Å²) in [5.41, 5.74) is 0.920. The van der Waals surface area contributed by atoms with E-state index in [1.165, 1.54) is 18.2 Å². The van der Waals surface area contributed by atoms with E-state index in [0.717, 1.165) is 19.6 Å². The maximum atomic E-state index is 13.1. The van der Waals surface area contributed by atoms with Crippen molar-refractivity contribution in [2.75, 3.05) is 26.2 Å². The molecule has 0 spiro atoms. The standard InChI is InChI=1S/C22H24F3N3O2/c1-2-27-12-17-18(13-27)19(17)14-28(21(29)20-8-3-4-9-26-20)11-15-6-5-7-16(10-15)30-22(23,24)25/h3-10,17-19H,2,11-14H2,1H3. The molecule has 8 heteroatoms. The molecule has 2 aliphatic rings. The lowest BCUT2D eigenvalue weighted by Gasteiger charge is -2.25. The zero-order valence-corrected chi connectivity index (χ0v) is 16.7. The van der Waals surface area contributed by atoms with Crippen LogP contribution in [-0.4, -0.2) is 53.2 Å². The molecule has 5 nitrogen and oxygen atoms in total. The average molecular weight is 419 g/mol. The molecule has 2 atom stereocenters. The van der Waals surface area contributed by atoms with E-state index < -0.39 is 6.36 Å². The highest BCUT2D eigenvalue weighted by atomic mass is 19.4. The van der Waals surface area contributed by atoms with Gasteiger partial charge in [0, 0.05) is 32.4 Å². The molecular formula is C22H24F3N3O2. The Morgan fingerprint density at radius 3 is 2.60 bits per heavy atom. The number of rotatable bonds is 7. The van der Waals surface area contributed by atoms with E-state index >= 15 is 0 Å². The van der Waals surface area contributed by atoms with E-state index in [1.54, 1.807) is 35.4 Å². The van der Waals surface area contributed by atoms with Crippen LogP contribution >= 0.6 is 0 Å². The molecule has 0 bridgehead atoms. The summed E-state index contributed by atoms with van der Waals surface area (Å²) in [7, 11) is 0. The summed E-state index contributed by atoms with van der Waals surface area (Å²) in [4.78, 5) is 21.4. The Morgan fingerprint density at radius 2 is 1.97 bits per heavy atom. The Labute approximate surface area is 173 Å². The quantitative estimate of drug-likeness (QED) is 0.685. The summed E-state index contributed by atoms with van der Waals surface area (Å²) in [6, 6.07) is 10.9. The Hall–Kier alpha value is -2.61. The van der Waals surface area contributed by atoms with Crippen molar-refractivity contribution >= 4 is 5.91 Å². The zero-order chi connectivity index (χ0) is 21.3. The van der Waals surface area contributed by atoms with Gasteiger partial charge in [0.05, 0.1) is 0 Å². The van der Waals surface area contributed by atoms with Gasteiger partial charge in [0.15, 0.2) is 0 Å². The first-order valence-corrected chi connectivity index (χ1v) is 10.1. The van der Waals surface area contributed by atoms with Crippen LogP contribution in [0.4, 0.5) is 13.2 Å². The van der Waals surface area contributed by atoms with Crippen molar-refractivity contribution in [3.05, 3.63) is 59.9 Å². The molecule has 1 amide bonds. The van der Waals surface area contributed by atoms with E-state index in [1.807, 2.05) is 0 Å². The third-order valence-corrected chi connectivity index (χ3v) is 6.00. The molecule has 1 aromatic carbocycles. The number of fused-ring (bicyclic) bond motifs is 1. The lowest BCUT2D eigenvalue weighted by molar-refractivity contribution is -0.274. The summed E-state index contributed by atoms with van der Waals surface area (Å²) in [6.45, 7) is 6.05. The van der Waals surface area contributed by atoms with Crippen LogP contribution in [0.15, 0.2) is 48.7 Å². The van der Waals surface area contributed by atoms with Gasteiger partial charge in [0.2, 0.25) is 0 Å². The lowest BCUT2D eigenvalue weighted by Crippen LogP contribution is -2.35.